The molecule has 0 saturated carbocycles. The van der Waals surface area contributed by atoms with E-state index in [1.54, 1.807) is 6.07 Å². The molecule has 0 radical (unpaired) electrons. The van der Waals surface area contributed by atoms with Crippen LogP contribution in [-0.2, 0) is 6.42 Å². The summed E-state index contributed by atoms with van der Waals surface area (Å²) in [6.07, 6.45) is 0.539. The molecule has 0 saturated heterocycles. The Kier molecular flexibility index (Phi) is 2.14. The highest BCUT2D eigenvalue weighted by atomic mass is 16.5. The third-order valence-corrected chi connectivity index (χ3v) is 2.75. The van der Waals surface area contributed by atoms with Crippen molar-refractivity contribution in [2.45, 2.75) is 6.42 Å². The van der Waals surface area contributed by atoms with E-state index in [1.807, 2.05) is 0 Å². The molecule has 3 rings (SSSR count). The van der Waals surface area contributed by atoms with Crippen molar-refractivity contribution in [1.82, 2.24) is 10.5 Å². The van der Waals surface area contributed by atoms with E-state index in [1.165, 1.54) is 6.07 Å². The number of nitrogens with one attached hydrogen (secondary N) is 1. The van der Waals surface area contributed by atoms with Crippen LogP contribution in [0, 0.1) is 0 Å². The number of hydrogen-bond donors (Lipinski definition) is 3. The summed E-state index contributed by atoms with van der Waals surface area (Å²) in [6, 6.07) is 3.09. The molecule has 1 aliphatic heterocycles. The Morgan fingerprint density at radius 1 is 1.35 bits per heavy atom. The first-order chi connectivity index (χ1) is 8.25. The zero-order valence-corrected chi connectivity index (χ0v) is 8.97. The van der Waals surface area contributed by atoms with Gasteiger partial charge in [-0.2, -0.15) is 0 Å². The van der Waals surface area contributed by atoms with Gasteiger partial charge in [-0.25, -0.2) is 0 Å². The maximum atomic E-state index is 9.60. The van der Waals surface area contributed by atoms with Crippen LogP contribution in [0.4, 0.5) is 0 Å². The molecule has 6 nitrogen and oxygen atoms in total. The zero-order valence-electron chi connectivity index (χ0n) is 8.97. The lowest BCUT2D eigenvalue weighted by atomic mass is 10.1. The second-order valence-corrected chi connectivity index (χ2v) is 3.87. The average molecular weight is 233 g/mol. The van der Waals surface area contributed by atoms with Crippen molar-refractivity contribution >= 4 is 16.8 Å². The minimum absolute atomic E-state index is 0.207. The predicted molar refractivity (Wildman–Crippen MR) is 61.3 cm³/mol. The first kappa shape index (κ1) is 9.95. The predicted octanol–water partition coefficient (Wildman–Crippen LogP) is 0.783. The highest BCUT2D eigenvalue weighted by Crippen LogP contribution is 2.34. The lowest BCUT2D eigenvalue weighted by Gasteiger charge is -1.99. The molecule has 1 aliphatic rings. The van der Waals surface area contributed by atoms with Crippen LogP contribution in [0.25, 0.3) is 11.0 Å². The molecule has 6 heteroatoms. The molecule has 0 fully saturated rings. The number of benzene rings is 1. The van der Waals surface area contributed by atoms with Gasteiger partial charge in [0, 0.05) is 11.9 Å². The minimum Gasteiger partial charge on any atom is -0.504 e. The van der Waals surface area contributed by atoms with Gasteiger partial charge in [0.05, 0.1) is 18.7 Å². The van der Waals surface area contributed by atoms with Crippen LogP contribution in [0.1, 0.15) is 5.69 Å². The summed E-state index contributed by atoms with van der Waals surface area (Å²) >= 11 is 0. The summed E-state index contributed by atoms with van der Waals surface area (Å²) in [5.41, 5.74) is 0.905. The van der Waals surface area contributed by atoms with Crippen LogP contribution < -0.4 is 5.32 Å². The number of phenolic OH excluding ortho intramolecular Hbond substituents is 2. The third-order valence-electron chi connectivity index (χ3n) is 2.75. The zero-order chi connectivity index (χ0) is 11.8. The second-order valence-electron chi connectivity index (χ2n) is 3.87. The van der Waals surface area contributed by atoms with Crippen molar-refractivity contribution in [2.24, 2.45) is 4.99 Å². The maximum absolute atomic E-state index is 9.60. The number of amidine groups is 1. The maximum Gasteiger partial charge on any atom is 0.212 e. The third kappa shape index (κ3) is 1.57. The van der Waals surface area contributed by atoms with Crippen molar-refractivity contribution in [3.63, 3.8) is 0 Å². The molecule has 88 valence electrons. The number of aliphatic imine (C=N–C) groups is 1. The average Bonchev–Trinajstić information content (AvgIpc) is 2.95. The van der Waals surface area contributed by atoms with E-state index in [9.17, 15) is 10.2 Å². The number of aromatic nitrogens is 1. The van der Waals surface area contributed by atoms with Crippen molar-refractivity contribution < 1.29 is 14.7 Å². The number of aromatic hydroxyl groups is 2. The number of fused-ring (bicyclic) bond motifs is 1. The minimum atomic E-state index is -0.275. The van der Waals surface area contributed by atoms with Crippen LogP contribution in [-0.4, -0.2) is 34.3 Å². The van der Waals surface area contributed by atoms with Crippen LogP contribution in [0.15, 0.2) is 21.6 Å². The van der Waals surface area contributed by atoms with Crippen LogP contribution >= 0.6 is 0 Å². The van der Waals surface area contributed by atoms with Gasteiger partial charge in [-0.1, -0.05) is 5.16 Å². The van der Waals surface area contributed by atoms with Crippen LogP contribution in [0.3, 0.4) is 0 Å². The van der Waals surface area contributed by atoms with Gasteiger partial charge in [-0.3, -0.25) is 4.99 Å². The van der Waals surface area contributed by atoms with E-state index < -0.39 is 0 Å². The quantitative estimate of drug-likeness (QED) is 0.667. The molecule has 0 aliphatic carbocycles. The van der Waals surface area contributed by atoms with Gasteiger partial charge in [0.1, 0.15) is 5.84 Å². The monoisotopic (exact) mass is 233 g/mol. The summed E-state index contributed by atoms with van der Waals surface area (Å²) in [7, 11) is 0. The van der Waals surface area contributed by atoms with Crippen molar-refractivity contribution in [3.05, 3.63) is 17.8 Å². The van der Waals surface area contributed by atoms with Gasteiger partial charge < -0.3 is 20.1 Å². The Bertz CT molecular complexity index is 603. The Balaban J connectivity index is 2.03. The molecule has 0 unspecified atom stereocenters. The van der Waals surface area contributed by atoms with E-state index in [0.29, 0.717) is 17.5 Å². The molecule has 17 heavy (non-hydrogen) atoms. The van der Waals surface area contributed by atoms with Gasteiger partial charge in [0.15, 0.2) is 5.75 Å². The SMILES string of the molecule is Oc1ccc2c(CC3=NCCN3)noc2c1O. The van der Waals surface area contributed by atoms with Crippen LogP contribution in [0.5, 0.6) is 11.5 Å². The Morgan fingerprint density at radius 3 is 3.00 bits per heavy atom. The molecular formula is C11H11N3O3. The van der Waals surface area contributed by atoms with Crippen molar-refractivity contribution in [3.8, 4) is 11.5 Å². The molecule has 0 amide bonds. The van der Waals surface area contributed by atoms with E-state index in [0.717, 1.165) is 18.9 Å². The molecule has 1 aromatic heterocycles. The van der Waals surface area contributed by atoms with Crippen molar-refractivity contribution in [1.29, 1.82) is 0 Å². The van der Waals surface area contributed by atoms with Gasteiger partial charge in [0.25, 0.3) is 0 Å². The topological polar surface area (TPSA) is 90.9 Å². The second kappa shape index (κ2) is 3.65. The molecule has 2 aromatic rings. The van der Waals surface area contributed by atoms with E-state index >= 15 is 0 Å². The summed E-state index contributed by atoms with van der Waals surface area (Å²) in [4.78, 5) is 4.27. The number of hydrogen-bond acceptors (Lipinski definition) is 6. The van der Waals surface area contributed by atoms with Gasteiger partial charge in [-0.05, 0) is 12.1 Å². The summed E-state index contributed by atoms with van der Waals surface area (Å²) in [5.74, 6) is 0.381. The number of rotatable bonds is 2. The molecular weight excluding hydrogens is 222 g/mol. The van der Waals surface area contributed by atoms with Gasteiger partial charge >= 0.3 is 0 Å². The van der Waals surface area contributed by atoms with E-state index in [4.69, 9.17) is 4.52 Å². The molecule has 1 aromatic carbocycles. The Morgan fingerprint density at radius 2 is 2.24 bits per heavy atom. The summed E-state index contributed by atoms with van der Waals surface area (Å²) < 4.78 is 5.03. The first-order valence-electron chi connectivity index (χ1n) is 5.32. The fraction of sp³-hybridized carbons (Fsp3) is 0.273. The molecule has 0 atom stereocenters. The van der Waals surface area contributed by atoms with E-state index in [-0.39, 0.29) is 17.1 Å². The van der Waals surface area contributed by atoms with E-state index in [2.05, 4.69) is 15.5 Å². The highest BCUT2D eigenvalue weighted by molar-refractivity contribution is 5.92. The van der Waals surface area contributed by atoms with Crippen LogP contribution in [0.2, 0.25) is 0 Å². The molecule has 0 spiro atoms. The fourth-order valence-electron chi connectivity index (χ4n) is 1.88. The lowest BCUT2D eigenvalue weighted by Crippen LogP contribution is -2.20. The largest absolute Gasteiger partial charge is 0.504 e. The van der Waals surface area contributed by atoms with Gasteiger partial charge in [-0.15, -0.1) is 0 Å². The van der Waals surface area contributed by atoms with Gasteiger partial charge in [0.2, 0.25) is 11.3 Å². The number of nitrogens with zero attached hydrogens (tertiary/aromatic N) is 2. The Hall–Kier alpha value is -2.24. The Labute approximate surface area is 96.6 Å². The van der Waals surface area contributed by atoms with Crippen molar-refractivity contribution in [2.75, 3.05) is 13.1 Å². The fourth-order valence-corrected chi connectivity index (χ4v) is 1.88. The highest BCUT2D eigenvalue weighted by Gasteiger charge is 2.17. The first-order valence-corrected chi connectivity index (χ1v) is 5.32. The molecule has 3 N–H and O–H groups in total. The number of phenols is 2. The summed E-state index contributed by atoms with van der Waals surface area (Å²) in [5, 5.41) is 26.7. The molecule has 0 bridgehead atoms. The standard InChI is InChI=1S/C11H11N3O3/c15-8-2-1-6-7(5-9-12-3-4-13-9)14-17-11(6)10(8)16/h1-2,15-16H,3-5H2,(H,12,13). The lowest BCUT2D eigenvalue weighted by molar-refractivity contribution is 0.385. The summed E-state index contributed by atoms with van der Waals surface area (Å²) in [6.45, 7) is 1.62. The molecule has 2 heterocycles. The normalized spacial score (nSPS) is 14.9. The smallest absolute Gasteiger partial charge is 0.212 e.